The number of nitrogens with zero attached hydrogens (tertiary/aromatic N) is 7. The highest BCUT2D eigenvalue weighted by Crippen LogP contribution is 2.19. The monoisotopic (exact) mass is 717 g/mol. The molecule has 50 heavy (non-hydrogen) atoms. The van der Waals surface area contributed by atoms with Gasteiger partial charge in [0.2, 0.25) is 0 Å². The lowest BCUT2D eigenvalue weighted by Crippen LogP contribution is -2.31. The summed E-state index contributed by atoms with van der Waals surface area (Å²) in [7, 11) is -8.69. The Morgan fingerprint density at radius 1 is 0.660 bits per heavy atom. The summed E-state index contributed by atoms with van der Waals surface area (Å²) in [6, 6.07) is 18.7. The second-order valence-electron chi connectivity index (χ2n) is 10.6. The summed E-state index contributed by atoms with van der Waals surface area (Å²) in [4.78, 5) is 57.6. The maximum Gasteiger partial charge on any atom is 0.292 e. The molecule has 6 aromatic rings. The van der Waals surface area contributed by atoms with Gasteiger partial charge in [0.1, 0.15) is 11.0 Å². The second kappa shape index (κ2) is 13.3. The average molecular weight is 718 g/mol. The van der Waals surface area contributed by atoms with Gasteiger partial charge in [0.05, 0.1) is 25.5 Å². The summed E-state index contributed by atoms with van der Waals surface area (Å²) < 4.78 is 51.3. The fraction of sp³-hybridized carbons (Fsp3) is 0.0968. The van der Waals surface area contributed by atoms with Crippen LogP contribution in [0.3, 0.4) is 0 Å². The molecule has 2 heterocycles. The summed E-state index contributed by atoms with van der Waals surface area (Å²) in [5, 5.41) is 25.2. The number of aromatic nitrogens is 6. The molecule has 0 aliphatic rings. The number of aryl methyl sites for hydroxylation is 1. The van der Waals surface area contributed by atoms with Crippen LogP contribution in [0.25, 0.3) is 21.8 Å². The predicted octanol–water partition coefficient (Wildman–Crippen LogP) is 2.68. The highest BCUT2D eigenvalue weighted by Gasteiger charge is 2.24. The molecule has 0 radical (unpaired) electrons. The third kappa shape index (κ3) is 6.66. The molecule has 0 saturated carbocycles. The summed E-state index contributed by atoms with van der Waals surface area (Å²) >= 11 is 0. The van der Waals surface area contributed by atoms with E-state index in [0.717, 1.165) is 23.8 Å². The first-order valence-electron chi connectivity index (χ1n) is 14.2. The lowest BCUT2D eigenvalue weighted by molar-refractivity contribution is -0.384. The normalized spacial score (nSPS) is 11.5. The number of ketones is 2. The summed E-state index contributed by atoms with van der Waals surface area (Å²) in [5.74, 6) is -0.630. The van der Waals surface area contributed by atoms with Gasteiger partial charge in [0.15, 0.2) is 11.6 Å². The first kappa shape index (κ1) is 35.0. The van der Waals surface area contributed by atoms with Crippen molar-refractivity contribution in [2.75, 3.05) is 0 Å². The number of rotatable bonds is 7. The topological polar surface area (TPSA) is 241 Å². The number of Topliss-reactive ketones (excluding diaryl/α,β-unsaturated/α-hetero) is 2. The number of hydrogen-bond acceptors (Lipinski definition) is 14. The van der Waals surface area contributed by atoms with Gasteiger partial charge < -0.3 is 0 Å². The van der Waals surface area contributed by atoms with Gasteiger partial charge in [0.25, 0.3) is 36.9 Å². The van der Waals surface area contributed by atoms with E-state index < -0.39 is 36.1 Å². The van der Waals surface area contributed by atoms with Gasteiger partial charge in [-0.15, -0.1) is 10.2 Å². The van der Waals surface area contributed by atoms with Crippen molar-refractivity contribution >= 4 is 59.1 Å². The van der Waals surface area contributed by atoms with Crippen molar-refractivity contribution in [2.24, 2.45) is 0 Å². The Morgan fingerprint density at radius 3 is 1.54 bits per heavy atom. The van der Waals surface area contributed by atoms with E-state index in [-0.39, 0.29) is 58.5 Å². The predicted molar refractivity (Wildman–Crippen MR) is 177 cm³/mol. The first-order valence-corrected chi connectivity index (χ1v) is 17.0. The number of benzene rings is 4. The minimum absolute atomic E-state index is 0.0181. The smallest absolute Gasteiger partial charge is 0.292 e. The standard InChI is InChI=1S/C16H13N3O4S.C15H10N4O6S/c1-10-6-7-15-14(8-10)16(21)19(18-17-15)24(22,23)13-5-3-4-12(9-13)11(2)20;1-9(20)10-3-2-4-12(7-10)26(24,25)18-15(21)13-8-11(19(22)23)5-6-14(13)16-17-18/h3-9H,1-2H3;2-8H,1H3. The van der Waals surface area contributed by atoms with Crippen molar-refractivity contribution in [3.05, 3.63) is 132 Å². The van der Waals surface area contributed by atoms with E-state index >= 15 is 0 Å². The van der Waals surface area contributed by atoms with E-state index in [2.05, 4.69) is 20.6 Å². The molecule has 0 N–H and O–H groups in total. The fourth-order valence-electron chi connectivity index (χ4n) is 4.53. The molecule has 4 aromatic carbocycles. The number of non-ortho nitro benzene ring substituents is 1. The Kier molecular flexibility index (Phi) is 9.29. The van der Waals surface area contributed by atoms with E-state index in [1.165, 1.54) is 62.4 Å². The summed E-state index contributed by atoms with van der Waals surface area (Å²) in [6.45, 7) is 4.39. The summed E-state index contributed by atoms with van der Waals surface area (Å²) in [6.07, 6.45) is 0. The van der Waals surface area contributed by atoms with Crippen LogP contribution < -0.4 is 11.1 Å². The van der Waals surface area contributed by atoms with Crippen LogP contribution in [-0.2, 0) is 20.0 Å². The molecule has 2 aromatic heterocycles. The van der Waals surface area contributed by atoms with Crippen molar-refractivity contribution in [2.45, 2.75) is 30.6 Å². The van der Waals surface area contributed by atoms with Gasteiger partial charge in [-0.3, -0.25) is 29.3 Å². The minimum atomic E-state index is -4.44. The van der Waals surface area contributed by atoms with Gasteiger partial charge in [-0.25, -0.2) is 0 Å². The SMILES string of the molecule is CC(=O)c1cccc(S(=O)(=O)n2nnc3ccc(C)cc3c2=O)c1.CC(=O)c1cccc(S(=O)(=O)n2nnc3ccc([N+](=O)[O-])cc3c2=O)c1. The molecule has 19 heteroatoms. The Balaban J connectivity index is 0.000000195. The molecular formula is C31H23N7O10S2. The molecular weight excluding hydrogens is 695 g/mol. The van der Waals surface area contributed by atoms with Crippen LogP contribution in [0.2, 0.25) is 0 Å². The van der Waals surface area contributed by atoms with Crippen LogP contribution in [0.5, 0.6) is 0 Å². The number of fused-ring (bicyclic) bond motifs is 2. The molecule has 0 saturated heterocycles. The van der Waals surface area contributed by atoms with Crippen molar-refractivity contribution in [1.29, 1.82) is 0 Å². The number of hydrogen-bond donors (Lipinski definition) is 0. The van der Waals surface area contributed by atoms with Gasteiger partial charge in [0, 0.05) is 23.3 Å². The van der Waals surface area contributed by atoms with Crippen LogP contribution in [0.15, 0.2) is 104 Å². The van der Waals surface area contributed by atoms with E-state index in [4.69, 9.17) is 0 Å². The second-order valence-corrected chi connectivity index (χ2v) is 14.2. The molecule has 0 bridgehead atoms. The maximum absolute atomic E-state index is 12.7. The van der Waals surface area contributed by atoms with Crippen molar-refractivity contribution < 1.29 is 31.3 Å². The van der Waals surface area contributed by atoms with Crippen molar-refractivity contribution in [1.82, 2.24) is 28.8 Å². The lowest BCUT2D eigenvalue weighted by Gasteiger charge is -2.07. The molecule has 0 spiro atoms. The summed E-state index contributed by atoms with van der Waals surface area (Å²) in [5.41, 5.74) is -0.736. The Morgan fingerprint density at radius 2 is 1.10 bits per heavy atom. The van der Waals surface area contributed by atoms with Crippen molar-refractivity contribution in [3.63, 3.8) is 0 Å². The van der Waals surface area contributed by atoms with Gasteiger partial charge in [-0.2, -0.15) is 16.8 Å². The number of nitro groups is 1. The third-order valence-corrected chi connectivity index (χ3v) is 10.2. The van der Waals surface area contributed by atoms with Crippen LogP contribution in [0.4, 0.5) is 5.69 Å². The van der Waals surface area contributed by atoms with Gasteiger partial charge in [-0.1, -0.05) is 44.1 Å². The first-order chi connectivity index (χ1) is 23.5. The van der Waals surface area contributed by atoms with E-state index in [1.54, 1.807) is 25.1 Å². The molecule has 0 amide bonds. The van der Waals surface area contributed by atoms with Gasteiger partial charge >= 0.3 is 0 Å². The van der Waals surface area contributed by atoms with E-state index in [9.17, 15) is 46.1 Å². The molecule has 17 nitrogen and oxygen atoms in total. The van der Waals surface area contributed by atoms with E-state index in [1.807, 2.05) is 0 Å². The Labute approximate surface area is 281 Å². The van der Waals surface area contributed by atoms with Crippen LogP contribution >= 0.6 is 0 Å². The molecule has 254 valence electrons. The third-order valence-electron chi connectivity index (χ3n) is 7.15. The Hall–Kier alpha value is -6.34. The highest BCUT2D eigenvalue weighted by atomic mass is 32.2. The zero-order valence-corrected chi connectivity index (χ0v) is 27.7. The Bertz CT molecular complexity index is 2740. The largest absolute Gasteiger partial charge is 0.295 e. The van der Waals surface area contributed by atoms with Crippen LogP contribution in [0.1, 0.15) is 40.1 Å². The molecule has 0 atom stereocenters. The lowest BCUT2D eigenvalue weighted by atomic mass is 10.2. The zero-order chi connectivity index (χ0) is 36.5. The maximum atomic E-state index is 12.7. The number of carbonyl (C=O) groups excluding carboxylic acids is 2. The highest BCUT2D eigenvalue weighted by molar-refractivity contribution is 7.90. The van der Waals surface area contributed by atoms with E-state index in [0.29, 0.717) is 9.60 Å². The molecule has 0 aliphatic carbocycles. The molecule has 0 unspecified atom stereocenters. The number of carbonyl (C=O) groups is 2. The average Bonchev–Trinajstić information content (AvgIpc) is 3.09. The zero-order valence-electron chi connectivity index (χ0n) is 26.1. The molecule has 6 rings (SSSR count). The van der Waals surface area contributed by atoms with Gasteiger partial charge in [-0.05, 0) is 73.7 Å². The molecule has 0 fully saturated rings. The fourth-order valence-corrected chi connectivity index (χ4v) is 6.89. The quantitative estimate of drug-likeness (QED) is 0.131. The van der Waals surface area contributed by atoms with Crippen LogP contribution in [0, 0.1) is 17.0 Å². The minimum Gasteiger partial charge on any atom is -0.295 e. The number of nitro benzene ring substituents is 1. The molecule has 0 aliphatic heterocycles. The van der Waals surface area contributed by atoms with Crippen LogP contribution in [-0.4, -0.2) is 62.1 Å². The van der Waals surface area contributed by atoms with Crippen molar-refractivity contribution in [3.8, 4) is 0 Å².